The van der Waals surface area contributed by atoms with Crippen molar-refractivity contribution in [2.45, 2.75) is 25.3 Å². The molecule has 0 unspecified atom stereocenters. The molecule has 1 aliphatic heterocycles. The highest BCUT2D eigenvalue weighted by Gasteiger charge is 2.22. The zero-order chi connectivity index (χ0) is 9.10. The number of aliphatic imine (C=N–C) groups is 1. The molecule has 0 radical (unpaired) electrons. The Bertz CT molecular complexity index is 193. The van der Waals surface area contributed by atoms with Crippen LogP contribution < -0.4 is 5.73 Å². The summed E-state index contributed by atoms with van der Waals surface area (Å²) >= 11 is 0. The van der Waals surface area contributed by atoms with E-state index in [1.54, 1.807) is 0 Å². The summed E-state index contributed by atoms with van der Waals surface area (Å²) in [5.74, 6) is 0.716. The Balaban J connectivity index is 1.88. The summed E-state index contributed by atoms with van der Waals surface area (Å²) in [6, 6.07) is 0.518. The van der Waals surface area contributed by atoms with Gasteiger partial charge in [-0.1, -0.05) is 0 Å². The summed E-state index contributed by atoms with van der Waals surface area (Å²) in [5, 5.41) is 0. The molecule has 1 heterocycles. The first kappa shape index (κ1) is 8.81. The monoisotopic (exact) mass is 183 g/mol. The van der Waals surface area contributed by atoms with E-state index >= 15 is 0 Å². The summed E-state index contributed by atoms with van der Waals surface area (Å²) in [4.78, 5) is 6.55. The molecular weight excluding hydrogens is 166 g/mol. The van der Waals surface area contributed by atoms with Gasteiger partial charge in [-0.25, -0.2) is 4.99 Å². The van der Waals surface area contributed by atoms with E-state index in [-0.39, 0.29) is 0 Å². The van der Waals surface area contributed by atoms with Gasteiger partial charge in [0.05, 0.1) is 12.6 Å². The fraction of sp³-hybridized carbons (Fsp3) is 0.889. The SMILES string of the molecule is NC(=NC1CC1)N1CCCOCC1. The van der Waals surface area contributed by atoms with Crippen LogP contribution in [-0.4, -0.2) is 43.2 Å². The molecule has 0 spiro atoms. The summed E-state index contributed by atoms with van der Waals surface area (Å²) in [5.41, 5.74) is 5.88. The second kappa shape index (κ2) is 3.96. The van der Waals surface area contributed by atoms with Gasteiger partial charge in [-0.3, -0.25) is 0 Å². The van der Waals surface area contributed by atoms with Crippen LogP contribution in [0.15, 0.2) is 4.99 Å². The molecule has 0 aromatic rings. The summed E-state index contributed by atoms with van der Waals surface area (Å²) in [6.45, 7) is 3.51. The van der Waals surface area contributed by atoms with Gasteiger partial charge in [0.1, 0.15) is 0 Å². The second-order valence-electron chi connectivity index (χ2n) is 3.67. The molecule has 1 saturated heterocycles. The third kappa shape index (κ3) is 2.59. The van der Waals surface area contributed by atoms with Gasteiger partial charge in [-0.05, 0) is 19.3 Å². The van der Waals surface area contributed by atoms with Crippen molar-refractivity contribution in [3.8, 4) is 0 Å². The third-order valence-electron chi connectivity index (χ3n) is 2.41. The standard InChI is InChI=1S/C9H17N3O/c10-9(11-8-2-3-8)12-4-1-6-13-7-5-12/h8H,1-7H2,(H2,10,11). The predicted octanol–water partition coefficient (Wildman–Crippen LogP) is 0.186. The zero-order valence-corrected chi connectivity index (χ0v) is 7.91. The lowest BCUT2D eigenvalue weighted by molar-refractivity contribution is 0.147. The van der Waals surface area contributed by atoms with E-state index < -0.39 is 0 Å². The lowest BCUT2D eigenvalue weighted by atomic mass is 10.4. The number of nitrogens with two attached hydrogens (primary N) is 1. The molecule has 4 heteroatoms. The van der Waals surface area contributed by atoms with Gasteiger partial charge in [0, 0.05) is 19.7 Å². The van der Waals surface area contributed by atoms with E-state index in [0.29, 0.717) is 12.0 Å². The van der Waals surface area contributed by atoms with Crippen molar-refractivity contribution < 1.29 is 4.74 Å². The number of guanidine groups is 1. The molecule has 13 heavy (non-hydrogen) atoms. The van der Waals surface area contributed by atoms with Gasteiger partial charge in [-0.2, -0.15) is 0 Å². The number of rotatable bonds is 1. The Morgan fingerprint density at radius 1 is 1.31 bits per heavy atom. The van der Waals surface area contributed by atoms with Gasteiger partial charge in [0.25, 0.3) is 0 Å². The second-order valence-corrected chi connectivity index (χ2v) is 3.67. The van der Waals surface area contributed by atoms with Crippen molar-refractivity contribution >= 4 is 5.96 Å². The predicted molar refractivity (Wildman–Crippen MR) is 51.7 cm³/mol. The normalized spacial score (nSPS) is 25.8. The molecule has 0 bridgehead atoms. The van der Waals surface area contributed by atoms with Crippen molar-refractivity contribution in [2.75, 3.05) is 26.3 Å². The lowest BCUT2D eigenvalue weighted by Gasteiger charge is -2.20. The van der Waals surface area contributed by atoms with Gasteiger partial charge in [0.15, 0.2) is 5.96 Å². The summed E-state index contributed by atoms with van der Waals surface area (Å²) in [7, 11) is 0. The molecule has 0 amide bonds. The average Bonchev–Trinajstić information content (AvgIpc) is 2.87. The highest BCUT2D eigenvalue weighted by Crippen LogP contribution is 2.23. The molecule has 1 aliphatic carbocycles. The third-order valence-corrected chi connectivity index (χ3v) is 2.41. The molecule has 74 valence electrons. The minimum Gasteiger partial charge on any atom is -0.380 e. The Kier molecular flexibility index (Phi) is 2.68. The first-order valence-corrected chi connectivity index (χ1v) is 5.02. The molecule has 2 aliphatic rings. The van der Waals surface area contributed by atoms with Crippen LogP contribution in [0.1, 0.15) is 19.3 Å². The maximum absolute atomic E-state index is 5.88. The minimum absolute atomic E-state index is 0.518. The fourth-order valence-electron chi connectivity index (χ4n) is 1.45. The van der Waals surface area contributed by atoms with E-state index in [2.05, 4.69) is 9.89 Å². The molecule has 2 rings (SSSR count). The van der Waals surface area contributed by atoms with E-state index in [4.69, 9.17) is 10.5 Å². The summed E-state index contributed by atoms with van der Waals surface area (Å²) in [6.07, 6.45) is 3.48. The Hall–Kier alpha value is -0.770. The van der Waals surface area contributed by atoms with Crippen molar-refractivity contribution in [1.29, 1.82) is 0 Å². The van der Waals surface area contributed by atoms with Gasteiger partial charge < -0.3 is 15.4 Å². The summed E-state index contributed by atoms with van der Waals surface area (Å²) < 4.78 is 5.34. The number of hydrogen-bond acceptors (Lipinski definition) is 2. The van der Waals surface area contributed by atoms with Crippen LogP contribution in [-0.2, 0) is 4.74 Å². The highest BCUT2D eigenvalue weighted by molar-refractivity contribution is 5.78. The highest BCUT2D eigenvalue weighted by atomic mass is 16.5. The van der Waals surface area contributed by atoms with Crippen molar-refractivity contribution in [2.24, 2.45) is 10.7 Å². The maximum Gasteiger partial charge on any atom is 0.191 e. The van der Waals surface area contributed by atoms with Crippen LogP contribution in [0, 0.1) is 0 Å². The topological polar surface area (TPSA) is 50.8 Å². The molecule has 0 aromatic carbocycles. The van der Waals surface area contributed by atoms with E-state index in [0.717, 1.165) is 32.7 Å². The van der Waals surface area contributed by atoms with Gasteiger partial charge in [-0.15, -0.1) is 0 Å². The smallest absolute Gasteiger partial charge is 0.191 e. The number of nitrogens with zero attached hydrogens (tertiary/aromatic N) is 2. The van der Waals surface area contributed by atoms with Crippen LogP contribution in [0.25, 0.3) is 0 Å². The molecule has 2 N–H and O–H groups in total. The van der Waals surface area contributed by atoms with Crippen molar-refractivity contribution in [1.82, 2.24) is 4.90 Å². The molecule has 4 nitrogen and oxygen atoms in total. The minimum atomic E-state index is 0.518. The van der Waals surface area contributed by atoms with Crippen molar-refractivity contribution in [3.63, 3.8) is 0 Å². The van der Waals surface area contributed by atoms with Crippen LogP contribution in [0.5, 0.6) is 0 Å². The average molecular weight is 183 g/mol. The van der Waals surface area contributed by atoms with E-state index in [1.807, 2.05) is 0 Å². The Morgan fingerprint density at radius 3 is 2.92 bits per heavy atom. The van der Waals surface area contributed by atoms with Gasteiger partial charge >= 0.3 is 0 Å². The Labute approximate surface area is 78.8 Å². The van der Waals surface area contributed by atoms with Crippen LogP contribution in [0.2, 0.25) is 0 Å². The molecule has 1 saturated carbocycles. The van der Waals surface area contributed by atoms with Crippen molar-refractivity contribution in [3.05, 3.63) is 0 Å². The number of hydrogen-bond donors (Lipinski definition) is 1. The lowest BCUT2D eigenvalue weighted by Crippen LogP contribution is -2.39. The van der Waals surface area contributed by atoms with E-state index in [1.165, 1.54) is 12.8 Å². The molecule has 0 atom stereocenters. The Morgan fingerprint density at radius 2 is 2.15 bits per heavy atom. The molecule has 2 fully saturated rings. The van der Waals surface area contributed by atoms with Crippen LogP contribution in [0.4, 0.5) is 0 Å². The first-order valence-electron chi connectivity index (χ1n) is 5.02. The first-order chi connectivity index (χ1) is 6.36. The van der Waals surface area contributed by atoms with Crippen LogP contribution >= 0.6 is 0 Å². The molecular formula is C9H17N3O. The van der Waals surface area contributed by atoms with E-state index in [9.17, 15) is 0 Å². The fourth-order valence-corrected chi connectivity index (χ4v) is 1.45. The largest absolute Gasteiger partial charge is 0.380 e. The van der Waals surface area contributed by atoms with Crippen LogP contribution in [0.3, 0.4) is 0 Å². The number of ether oxygens (including phenoxy) is 1. The quantitative estimate of drug-likeness (QED) is 0.466. The zero-order valence-electron chi connectivity index (χ0n) is 7.91. The van der Waals surface area contributed by atoms with Gasteiger partial charge in [0.2, 0.25) is 0 Å². The maximum atomic E-state index is 5.88. The molecule has 0 aromatic heterocycles.